The average molecular weight is 469 g/mol. The number of hydrogen-bond donors (Lipinski definition) is 2. The second kappa shape index (κ2) is 9.82. The Hall–Kier alpha value is -3.43. The van der Waals surface area contributed by atoms with Gasteiger partial charge in [0, 0.05) is 24.7 Å². The van der Waals surface area contributed by atoms with E-state index in [0.717, 1.165) is 30.4 Å². The Balaban J connectivity index is 1.80. The number of nitrogens with one attached hydrogen (secondary N) is 2. The van der Waals surface area contributed by atoms with Crippen LogP contribution in [0.3, 0.4) is 0 Å². The molecule has 1 aliphatic rings. The molecule has 0 unspecified atom stereocenters. The molecule has 2 N–H and O–H groups in total. The fraction of sp³-hybridized carbons (Fsp3) is 0.542. The van der Waals surface area contributed by atoms with Gasteiger partial charge in [0.25, 0.3) is 11.5 Å². The van der Waals surface area contributed by atoms with Gasteiger partial charge in [-0.2, -0.15) is 0 Å². The van der Waals surface area contributed by atoms with Crippen molar-refractivity contribution >= 4 is 28.5 Å². The molecular formula is C24H32N6O4. The summed E-state index contributed by atoms with van der Waals surface area (Å²) < 4.78 is 3.87. The second-order valence-corrected chi connectivity index (χ2v) is 9.42. The third kappa shape index (κ3) is 4.62. The summed E-state index contributed by atoms with van der Waals surface area (Å²) in [6, 6.07) is 4.84. The minimum absolute atomic E-state index is 0.131. The SMILES string of the molecule is CCCn1c(=O)c2ccc(C(=O)NCC(C)C)cc2n2c(=O)n(CC(=O)NC3CCCC3)nc12. The number of aromatic nitrogens is 4. The molecule has 0 saturated heterocycles. The third-order valence-corrected chi connectivity index (χ3v) is 6.17. The first-order valence-corrected chi connectivity index (χ1v) is 12.0. The number of amides is 2. The summed E-state index contributed by atoms with van der Waals surface area (Å²) in [5, 5.41) is 10.5. The predicted octanol–water partition coefficient (Wildman–Crippen LogP) is 1.67. The van der Waals surface area contributed by atoms with Crippen molar-refractivity contribution in [1.82, 2.24) is 29.4 Å². The minimum Gasteiger partial charge on any atom is -0.352 e. The zero-order valence-corrected chi connectivity index (χ0v) is 20.0. The van der Waals surface area contributed by atoms with Crippen LogP contribution in [0.1, 0.15) is 63.2 Å². The Bertz CT molecular complexity index is 1340. The lowest BCUT2D eigenvalue weighted by molar-refractivity contribution is -0.122. The van der Waals surface area contributed by atoms with Crippen molar-refractivity contribution in [2.24, 2.45) is 5.92 Å². The highest BCUT2D eigenvalue weighted by molar-refractivity contribution is 5.98. The molecule has 0 spiro atoms. The van der Waals surface area contributed by atoms with Crippen LogP contribution in [0.2, 0.25) is 0 Å². The molecule has 3 aromatic rings. The molecule has 1 aliphatic carbocycles. The lowest BCUT2D eigenvalue weighted by Crippen LogP contribution is -2.37. The van der Waals surface area contributed by atoms with Gasteiger partial charge in [-0.1, -0.05) is 33.6 Å². The van der Waals surface area contributed by atoms with E-state index in [1.807, 2.05) is 20.8 Å². The average Bonchev–Trinajstić information content (AvgIpc) is 3.42. The molecule has 1 fully saturated rings. The van der Waals surface area contributed by atoms with Crippen LogP contribution in [0.4, 0.5) is 0 Å². The third-order valence-electron chi connectivity index (χ3n) is 6.17. The van der Waals surface area contributed by atoms with Gasteiger partial charge < -0.3 is 10.6 Å². The van der Waals surface area contributed by atoms with E-state index in [4.69, 9.17) is 0 Å². The first-order chi connectivity index (χ1) is 16.3. The van der Waals surface area contributed by atoms with Gasteiger partial charge in [0.2, 0.25) is 11.7 Å². The summed E-state index contributed by atoms with van der Waals surface area (Å²) in [4.78, 5) is 51.8. The molecule has 0 atom stereocenters. The number of hydrogen-bond acceptors (Lipinski definition) is 5. The maximum atomic E-state index is 13.3. The summed E-state index contributed by atoms with van der Waals surface area (Å²) >= 11 is 0. The van der Waals surface area contributed by atoms with Gasteiger partial charge in [0.05, 0.1) is 10.9 Å². The lowest BCUT2D eigenvalue weighted by atomic mass is 10.1. The van der Waals surface area contributed by atoms with Crippen molar-refractivity contribution in [2.75, 3.05) is 6.54 Å². The van der Waals surface area contributed by atoms with E-state index in [1.54, 1.807) is 18.2 Å². The molecule has 0 radical (unpaired) electrons. The smallest absolute Gasteiger partial charge is 0.352 e. The first kappa shape index (κ1) is 23.7. The van der Waals surface area contributed by atoms with Crippen molar-refractivity contribution in [1.29, 1.82) is 0 Å². The molecule has 182 valence electrons. The molecular weight excluding hydrogens is 436 g/mol. The second-order valence-electron chi connectivity index (χ2n) is 9.42. The fourth-order valence-electron chi connectivity index (χ4n) is 4.46. The summed E-state index contributed by atoms with van der Waals surface area (Å²) in [7, 11) is 0. The maximum Gasteiger partial charge on any atom is 0.352 e. The van der Waals surface area contributed by atoms with Gasteiger partial charge in [0.15, 0.2) is 0 Å². The van der Waals surface area contributed by atoms with Crippen LogP contribution in [-0.2, 0) is 17.9 Å². The topological polar surface area (TPSA) is 120 Å². The number of rotatable bonds is 8. The normalized spacial score (nSPS) is 14.4. The summed E-state index contributed by atoms with van der Waals surface area (Å²) in [6.45, 7) is 6.58. The maximum absolute atomic E-state index is 13.3. The Morgan fingerprint density at radius 3 is 2.59 bits per heavy atom. The van der Waals surface area contributed by atoms with E-state index in [9.17, 15) is 19.2 Å². The Morgan fingerprint density at radius 2 is 1.91 bits per heavy atom. The summed E-state index contributed by atoms with van der Waals surface area (Å²) in [5.74, 6) is -0.107. The van der Waals surface area contributed by atoms with Crippen LogP contribution >= 0.6 is 0 Å². The predicted molar refractivity (Wildman–Crippen MR) is 129 cm³/mol. The van der Waals surface area contributed by atoms with Gasteiger partial charge in [0.1, 0.15) is 6.54 Å². The molecule has 4 rings (SSSR count). The molecule has 10 nitrogen and oxygen atoms in total. The Kier molecular flexibility index (Phi) is 6.85. The van der Waals surface area contributed by atoms with Crippen LogP contribution in [0.15, 0.2) is 27.8 Å². The van der Waals surface area contributed by atoms with E-state index < -0.39 is 5.69 Å². The molecule has 2 aromatic heterocycles. The van der Waals surface area contributed by atoms with Crippen LogP contribution in [0.5, 0.6) is 0 Å². The van der Waals surface area contributed by atoms with Crippen molar-refractivity contribution < 1.29 is 9.59 Å². The Morgan fingerprint density at radius 1 is 1.18 bits per heavy atom. The summed E-state index contributed by atoms with van der Waals surface area (Å²) in [6.07, 6.45) is 4.71. The van der Waals surface area contributed by atoms with Gasteiger partial charge in [-0.3, -0.25) is 19.0 Å². The van der Waals surface area contributed by atoms with E-state index in [-0.39, 0.29) is 41.7 Å². The van der Waals surface area contributed by atoms with E-state index >= 15 is 0 Å². The standard InChI is InChI=1S/C24H32N6O4/c1-4-11-28-22(33)18-10-9-16(21(32)25-13-15(2)3)12-19(18)30-23(28)27-29(24(30)34)14-20(31)26-17-7-5-6-8-17/h9-10,12,15,17H,4-8,11,13-14H2,1-3H3,(H,25,32)(H,26,31). The van der Waals surface area contributed by atoms with Crippen molar-refractivity contribution in [3.63, 3.8) is 0 Å². The lowest BCUT2D eigenvalue weighted by Gasteiger charge is -2.11. The Labute approximate surface area is 196 Å². The van der Waals surface area contributed by atoms with Crippen LogP contribution in [0.25, 0.3) is 16.7 Å². The quantitative estimate of drug-likeness (QED) is 0.521. The number of aryl methyl sites for hydroxylation is 1. The van der Waals surface area contributed by atoms with Gasteiger partial charge in [-0.05, 0) is 43.4 Å². The molecule has 0 bridgehead atoms. The number of fused-ring (bicyclic) bond motifs is 3. The van der Waals surface area contributed by atoms with Crippen LogP contribution < -0.4 is 21.9 Å². The van der Waals surface area contributed by atoms with E-state index in [1.165, 1.54) is 8.97 Å². The molecule has 2 heterocycles. The highest BCUT2D eigenvalue weighted by Gasteiger charge is 2.22. The zero-order chi connectivity index (χ0) is 24.4. The van der Waals surface area contributed by atoms with Gasteiger partial charge in [-0.15, -0.1) is 5.10 Å². The highest BCUT2D eigenvalue weighted by atomic mass is 16.2. The van der Waals surface area contributed by atoms with Crippen molar-refractivity contribution in [3.05, 3.63) is 44.6 Å². The molecule has 0 aliphatic heterocycles. The highest BCUT2D eigenvalue weighted by Crippen LogP contribution is 2.18. The fourth-order valence-corrected chi connectivity index (χ4v) is 4.46. The minimum atomic E-state index is -0.522. The van der Waals surface area contributed by atoms with Crippen molar-refractivity contribution in [3.8, 4) is 0 Å². The van der Waals surface area contributed by atoms with Gasteiger partial charge >= 0.3 is 5.69 Å². The molecule has 1 saturated carbocycles. The zero-order valence-electron chi connectivity index (χ0n) is 20.0. The number of carbonyl (C=O) groups excluding carboxylic acids is 2. The molecule has 10 heteroatoms. The van der Waals surface area contributed by atoms with Crippen LogP contribution in [0, 0.1) is 5.92 Å². The van der Waals surface area contributed by atoms with E-state index in [2.05, 4.69) is 15.7 Å². The number of benzene rings is 1. The van der Waals surface area contributed by atoms with Gasteiger partial charge in [-0.25, -0.2) is 13.9 Å². The molecule has 1 aromatic carbocycles. The first-order valence-electron chi connectivity index (χ1n) is 12.0. The molecule has 2 amide bonds. The van der Waals surface area contributed by atoms with Crippen LogP contribution in [-0.4, -0.2) is 43.1 Å². The molecule has 34 heavy (non-hydrogen) atoms. The monoisotopic (exact) mass is 468 g/mol. The number of carbonyl (C=O) groups is 2. The van der Waals surface area contributed by atoms with Crippen molar-refractivity contribution in [2.45, 2.75) is 72.0 Å². The van der Waals surface area contributed by atoms with E-state index in [0.29, 0.717) is 36.0 Å². The summed E-state index contributed by atoms with van der Waals surface area (Å²) in [5.41, 5.74) is -0.157. The largest absolute Gasteiger partial charge is 0.352 e. The number of nitrogens with zero attached hydrogens (tertiary/aromatic N) is 4.